The van der Waals surface area contributed by atoms with Gasteiger partial charge in [0.15, 0.2) is 18.3 Å². The lowest BCUT2D eigenvalue weighted by Gasteiger charge is -2.30. The van der Waals surface area contributed by atoms with E-state index in [1.807, 2.05) is 0 Å². The third-order valence-electron chi connectivity index (χ3n) is 2.27. The van der Waals surface area contributed by atoms with Crippen molar-refractivity contribution in [1.29, 1.82) is 0 Å². The molecule has 0 aromatic rings. The average Bonchev–Trinajstić information content (AvgIpc) is 2.37. The highest BCUT2D eigenvalue weighted by atomic mass is 35.5. The van der Waals surface area contributed by atoms with Crippen LogP contribution in [0.5, 0.6) is 0 Å². The van der Waals surface area contributed by atoms with E-state index in [-0.39, 0.29) is 12.5 Å². The van der Waals surface area contributed by atoms with E-state index in [9.17, 15) is 19.2 Å². The standard InChI is InChI=1S/C13H19ClO8/c1-7(15)19-6-12(21-9(3)17)13(22-10(4)18)11(5-14)20-8(2)16/h11-13H,5-6H2,1-4H3/t11-,12+,13-/m0/s1. The van der Waals surface area contributed by atoms with Crippen LogP contribution in [-0.2, 0) is 38.1 Å². The van der Waals surface area contributed by atoms with Crippen LogP contribution < -0.4 is 0 Å². The predicted octanol–water partition coefficient (Wildman–Crippen LogP) is 0.583. The molecule has 0 aliphatic heterocycles. The molecule has 0 aliphatic rings. The summed E-state index contributed by atoms with van der Waals surface area (Å²) in [5.41, 5.74) is 0. The van der Waals surface area contributed by atoms with Gasteiger partial charge in [0, 0.05) is 27.7 Å². The number of carbonyl (C=O) groups excluding carboxylic acids is 4. The Morgan fingerprint density at radius 3 is 1.59 bits per heavy atom. The molecule has 0 aromatic carbocycles. The van der Waals surface area contributed by atoms with E-state index in [1.165, 1.54) is 0 Å². The number of hydrogen-bond acceptors (Lipinski definition) is 8. The second kappa shape index (κ2) is 9.99. The van der Waals surface area contributed by atoms with Crippen LogP contribution in [0.15, 0.2) is 0 Å². The van der Waals surface area contributed by atoms with Crippen molar-refractivity contribution in [2.24, 2.45) is 0 Å². The zero-order chi connectivity index (χ0) is 17.3. The number of rotatable bonds is 8. The molecule has 0 unspecified atom stereocenters. The van der Waals surface area contributed by atoms with Gasteiger partial charge in [-0.25, -0.2) is 0 Å². The van der Waals surface area contributed by atoms with Crippen molar-refractivity contribution in [3.8, 4) is 0 Å². The van der Waals surface area contributed by atoms with E-state index in [0.717, 1.165) is 27.7 Å². The number of ether oxygens (including phenoxy) is 4. The van der Waals surface area contributed by atoms with Crippen LogP contribution >= 0.6 is 11.6 Å². The molecule has 0 fully saturated rings. The molecule has 0 saturated carbocycles. The van der Waals surface area contributed by atoms with E-state index in [2.05, 4.69) is 0 Å². The Morgan fingerprint density at radius 1 is 0.773 bits per heavy atom. The summed E-state index contributed by atoms with van der Waals surface area (Å²) in [6.45, 7) is 4.20. The largest absolute Gasteiger partial charge is 0.462 e. The van der Waals surface area contributed by atoms with Crippen LogP contribution in [-0.4, -0.2) is 54.7 Å². The number of alkyl halides is 1. The summed E-state index contributed by atoms with van der Waals surface area (Å²) in [7, 11) is 0. The molecule has 3 atom stereocenters. The molecule has 0 spiro atoms. The van der Waals surface area contributed by atoms with Crippen LogP contribution in [0.25, 0.3) is 0 Å². The minimum absolute atomic E-state index is 0.213. The fourth-order valence-electron chi connectivity index (χ4n) is 1.59. The first kappa shape index (κ1) is 20.2. The highest BCUT2D eigenvalue weighted by Crippen LogP contribution is 2.16. The minimum Gasteiger partial charge on any atom is -0.462 e. The van der Waals surface area contributed by atoms with Gasteiger partial charge in [-0.05, 0) is 0 Å². The summed E-state index contributed by atoms with van der Waals surface area (Å²) in [4.78, 5) is 44.4. The Hall–Kier alpha value is -1.83. The van der Waals surface area contributed by atoms with Gasteiger partial charge < -0.3 is 18.9 Å². The number of esters is 4. The Kier molecular flexibility index (Phi) is 9.16. The number of halogens is 1. The van der Waals surface area contributed by atoms with Crippen molar-refractivity contribution in [3.63, 3.8) is 0 Å². The van der Waals surface area contributed by atoms with Gasteiger partial charge in [-0.2, -0.15) is 0 Å². The van der Waals surface area contributed by atoms with Crippen molar-refractivity contribution >= 4 is 35.5 Å². The van der Waals surface area contributed by atoms with Gasteiger partial charge >= 0.3 is 23.9 Å². The predicted molar refractivity (Wildman–Crippen MR) is 74.0 cm³/mol. The monoisotopic (exact) mass is 338 g/mol. The van der Waals surface area contributed by atoms with Gasteiger partial charge in [0.05, 0.1) is 5.88 Å². The lowest BCUT2D eigenvalue weighted by molar-refractivity contribution is -0.187. The van der Waals surface area contributed by atoms with Gasteiger partial charge in [0.1, 0.15) is 6.61 Å². The molecular formula is C13H19ClO8. The van der Waals surface area contributed by atoms with Crippen molar-refractivity contribution < 1.29 is 38.1 Å². The highest BCUT2D eigenvalue weighted by Gasteiger charge is 2.37. The van der Waals surface area contributed by atoms with Gasteiger partial charge in [0.25, 0.3) is 0 Å². The molecule has 0 heterocycles. The summed E-state index contributed by atoms with van der Waals surface area (Å²) in [5.74, 6) is -2.88. The third-order valence-corrected chi connectivity index (χ3v) is 2.58. The molecule has 0 rings (SSSR count). The molecule has 0 radical (unpaired) electrons. The summed E-state index contributed by atoms with van der Waals surface area (Å²) in [6, 6.07) is 0. The van der Waals surface area contributed by atoms with E-state index >= 15 is 0 Å². The molecule has 0 N–H and O–H groups in total. The van der Waals surface area contributed by atoms with E-state index in [1.54, 1.807) is 0 Å². The lowest BCUT2D eigenvalue weighted by atomic mass is 10.1. The first-order chi connectivity index (χ1) is 10.2. The molecule has 0 bridgehead atoms. The molecule has 8 nitrogen and oxygen atoms in total. The summed E-state index contributed by atoms with van der Waals surface area (Å²) in [6.07, 6.45) is -3.43. The molecule has 0 aromatic heterocycles. The zero-order valence-corrected chi connectivity index (χ0v) is 13.5. The van der Waals surface area contributed by atoms with Crippen molar-refractivity contribution in [1.82, 2.24) is 0 Å². The Labute approximate surface area is 133 Å². The van der Waals surface area contributed by atoms with E-state index in [0.29, 0.717) is 0 Å². The second-order valence-electron chi connectivity index (χ2n) is 4.33. The smallest absolute Gasteiger partial charge is 0.303 e. The van der Waals surface area contributed by atoms with Gasteiger partial charge in [-0.1, -0.05) is 0 Å². The quantitative estimate of drug-likeness (QED) is 0.359. The van der Waals surface area contributed by atoms with E-state index < -0.39 is 42.2 Å². The number of carbonyl (C=O) groups is 4. The summed E-state index contributed by atoms with van der Waals surface area (Å²) < 4.78 is 19.7. The lowest BCUT2D eigenvalue weighted by Crippen LogP contribution is -2.48. The van der Waals surface area contributed by atoms with Gasteiger partial charge in [0.2, 0.25) is 0 Å². The normalized spacial score (nSPS) is 14.2. The maximum Gasteiger partial charge on any atom is 0.303 e. The minimum atomic E-state index is -1.21. The van der Waals surface area contributed by atoms with Crippen molar-refractivity contribution in [3.05, 3.63) is 0 Å². The molecule has 9 heteroatoms. The van der Waals surface area contributed by atoms with E-state index in [4.69, 9.17) is 30.5 Å². The van der Waals surface area contributed by atoms with Gasteiger partial charge in [-0.15, -0.1) is 11.6 Å². The Balaban J connectivity index is 5.30. The average molecular weight is 339 g/mol. The topological polar surface area (TPSA) is 105 Å². The molecule has 0 aliphatic carbocycles. The van der Waals surface area contributed by atoms with Crippen LogP contribution in [0.4, 0.5) is 0 Å². The SMILES string of the molecule is CC(=O)OC[C@@H](OC(C)=O)[C@@H](OC(C)=O)[C@H](CCl)OC(C)=O. The third kappa shape index (κ3) is 8.46. The van der Waals surface area contributed by atoms with Crippen LogP contribution in [0.1, 0.15) is 27.7 Å². The molecular weight excluding hydrogens is 320 g/mol. The number of hydrogen-bond donors (Lipinski definition) is 0. The van der Waals surface area contributed by atoms with Crippen molar-refractivity contribution in [2.45, 2.75) is 46.0 Å². The van der Waals surface area contributed by atoms with Crippen molar-refractivity contribution in [2.75, 3.05) is 12.5 Å². The van der Waals surface area contributed by atoms with Crippen LogP contribution in [0.2, 0.25) is 0 Å². The maximum absolute atomic E-state index is 11.2. The first-order valence-corrected chi connectivity index (χ1v) is 6.91. The highest BCUT2D eigenvalue weighted by molar-refractivity contribution is 6.18. The van der Waals surface area contributed by atoms with Gasteiger partial charge in [-0.3, -0.25) is 19.2 Å². The molecule has 126 valence electrons. The fraction of sp³-hybridized carbons (Fsp3) is 0.692. The summed E-state index contributed by atoms with van der Waals surface area (Å²) >= 11 is 5.72. The Morgan fingerprint density at radius 2 is 1.23 bits per heavy atom. The zero-order valence-electron chi connectivity index (χ0n) is 12.8. The molecule has 22 heavy (non-hydrogen) atoms. The van der Waals surface area contributed by atoms with Crippen LogP contribution in [0.3, 0.4) is 0 Å². The van der Waals surface area contributed by atoms with Crippen LogP contribution in [0, 0.1) is 0 Å². The Bertz CT molecular complexity index is 422. The first-order valence-electron chi connectivity index (χ1n) is 6.38. The second-order valence-corrected chi connectivity index (χ2v) is 4.64. The molecule has 0 amide bonds. The maximum atomic E-state index is 11.2. The molecule has 0 saturated heterocycles. The fourth-order valence-corrected chi connectivity index (χ4v) is 1.83. The summed E-state index contributed by atoms with van der Waals surface area (Å²) in [5, 5.41) is 0.